The Hall–Kier alpha value is -1.89. The Kier molecular flexibility index (Phi) is 3.91. The minimum Gasteiger partial charge on any atom is -0.337 e. The van der Waals surface area contributed by atoms with Crippen LogP contribution < -0.4 is 5.01 Å². The molecule has 124 valence electrons. The van der Waals surface area contributed by atoms with Gasteiger partial charge in [0.05, 0.1) is 10.6 Å². The third kappa shape index (κ3) is 2.63. The van der Waals surface area contributed by atoms with Crippen molar-refractivity contribution in [1.82, 2.24) is 4.90 Å². The molecule has 3 rings (SSSR count). The van der Waals surface area contributed by atoms with Crippen LogP contribution in [-0.2, 0) is 14.6 Å². The Labute approximate surface area is 136 Å². The van der Waals surface area contributed by atoms with Crippen molar-refractivity contribution in [3.63, 3.8) is 0 Å². The maximum Gasteiger partial charge on any atom is 0.286 e. The van der Waals surface area contributed by atoms with Gasteiger partial charge in [0.1, 0.15) is 0 Å². The quantitative estimate of drug-likeness (QED) is 0.828. The predicted molar refractivity (Wildman–Crippen MR) is 89.2 cm³/mol. The van der Waals surface area contributed by atoms with Gasteiger partial charge in [-0.1, -0.05) is 6.07 Å². The molecule has 1 fully saturated rings. The molecule has 0 atom stereocenters. The molecule has 0 aliphatic carbocycles. The normalized spacial score (nSPS) is 19.7. The third-order valence-electron chi connectivity index (χ3n) is 4.17. The minimum absolute atomic E-state index is 0.0487. The second-order valence-corrected chi connectivity index (χ2v) is 8.15. The van der Waals surface area contributed by atoms with Crippen LogP contribution in [-0.4, -0.2) is 43.4 Å². The van der Waals surface area contributed by atoms with Gasteiger partial charge in [-0.2, -0.15) is 5.10 Å². The number of carbonyl (C=O) groups excluding carboxylic acids is 1. The number of rotatable bonds is 2. The van der Waals surface area contributed by atoms with E-state index in [0.717, 1.165) is 18.4 Å². The van der Waals surface area contributed by atoms with E-state index in [1.165, 1.54) is 0 Å². The highest BCUT2D eigenvalue weighted by molar-refractivity contribution is 8.08. The van der Waals surface area contributed by atoms with Gasteiger partial charge in [0.2, 0.25) is 14.9 Å². The number of amides is 1. The van der Waals surface area contributed by atoms with Crippen LogP contribution in [0.2, 0.25) is 0 Å². The minimum atomic E-state index is -3.89. The van der Waals surface area contributed by atoms with E-state index in [1.54, 1.807) is 28.1 Å². The van der Waals surface area contributed by atoms with Crippen molar-refractivity contribution in [3.8, 4) is 0 Å². The van der Waals surface area contributed by atoms with Gasteiger partial charge in [-0.3, -0.25) is 9.80 Å². The number of carbonyl (C=O) groups is 1. The van der Waals surface area contributed by atoms with Crippen molar-refractivity contribution in [1.29, 1.82) is 0 Å². The van der Waals surface area contributed by atoms with Crippen molar-refractivity contribution in [3.05, 3.63) is 23.8 Å². The van der Waals surface area contributed by atoms with Gasteiger partial charge in [-0.15, -0.1) is 0 Å². The summed E-state index contributed by atoms with van der Waals surface area (Å²) in [5, 5.41) is 5.51. The lowest BCUT2D eigenvalue weighted by Crippen LogP contribution is -2.43. The molecule has 7 heteroatoms. The molecule has 0 unspecified atom stereocenters. The highest BCUT2D eigenvalue weighted by Crippen LogP contribution is 2.34. The van der Waals surface area contributed by atoms with Crippen LogP contribution in [0.1, 0.15) is 32.3 Å². The molecule has 0 bridgehead atoms. The third-order valence-corrected chi connectivity index (χ3v) is 5.86. The van der Waals surface area contributed by atoms with Gasteiger partial charge in [-0.25, -0.2) is 8.42 Å². The van der Waals surface area contributed by atoms with Gasteiger partial charge in [-0.05, 0) is 51.3 Å². The molecule has 23 heavy (non-hydrogen) atoms. The van der Waals surface area contributed by atoms with Crippen LogP contribution in [0.25, 0.3) is 0 Å². The summed E-state index contributed by atoms with van der Waals surface area (Å²) in [7, 11) is -3.89. The number of hydrogen-bond donors (Lipinski definition) is 0. The maximum absolute atomic E-state index is 12.9. The summed E-state index contributed by atoms with van der Waals surface area (Å²) in [6.07, 6.45) is 1.81. The van der Waals surface area contributed by atoms with Crippen molar-refractivity contribution in [2.24, 2.45) is 5.10 Å². The second-order valence-electron chi connectivity index (χ2n) is 6.32. The van der Waals surface area contributed by atoms with Crippen molar-refractivity contribution >= 4 is 26.5 Å². The largest absolute Gasteiger partial charge is 0.337 e. The highest BCUT2D eigenvalue weighted by atomic mass is 32.2. The molecule has 2 aliphatic heterocycles. The Bertz CT molecular complexity index is 778. The lowest BCUT2D eigenvalue weighted by molar-refractivity contribution is -0.122. The van der Waals surface area contributed by atoms with Crippen LogP contribution in [0.3, 0.4) is 0 Å². The van der Waals surface area contributed by atoms with E-state index in [0.29, 0.717) is 18.8 Å². The second kappa shape index (κ2) is 5.63. The highest BCUT2D eigenvalue weighted by Gasteiger charge is 2.40. The number of anilines is 1. The fraction of sp³-hybridized carbons (Fsp3) is 0.500. The molecule has 6 nitrogen and oxygen atoms in total. The van der Waals surface area contributed by atoms with E-state index in [9.17, 15) is 13.2 Å². The van der Waals surface area contributed by atoms with Crippen molar-refractivity contribution in [2.45, 2.75) is 44.6 Å². The first kappa shape index (κ1) is 16.0. The van der Waals surface area contributed by atoms with E-state index >= 15 is 0 Å². The summed E-state index contributed by atoms with van der Waals surface area (Å²) in [6, 6.07) is 5.07. The molecule has 1 amide bonds. The standard InChI is InChI=1S/C16H21N3O3S/c1-11(2)19-13-10-12(3)6-7-14(13)23(21,22)15(17-19)16(20)18-8-4-5-9-18/h6-7,10-11H,4-5,8-9H2,1-3H3. The molecule has 0 saturated carbocycles. The zero-order valence-electron chi connectivity index (χ0n) is 13.6. The number of hydrazone groups is 1. The summed E-state index contributed by atoms with van der Waals surface area (Å²) < 4.78 is 25.8. The smallest absolute Gasteiger partial charge is 0.286 e. The van der Waals surface area contributed by atoms with Gasteiger partial charge in [0.25, 0.3) is 5.91 Å². The van der Waals surface area contributed by atoms with Crippen LogP contribution in [0.5, 0.6) is 0 Å². The first-order valence-corrected chi connectivity index (χ1v) is 9.33. The molecule has 2 aliphatic rings. The summed E-state index contributed by atoms with van der Waals surface area (Å²) in [5.74, 6) is -0.487. The molecule has 2 heterocycles. The molecule has 0 aromatic heterocycles. The fourth-order valence-corrected chi connectivity index (χ4v) is 4.39. The SMILES string of the molecule is Cc1ccc2c(c1)N(C(C)C)N=C(C(=O)N1CCCC1)S2(=O)=O. The zero-order valence-corrected chi connectivity index (χ0v) is 14.4. The molecule has 1 aromatic carbocycles. The molecule has 0 spiro atoms. The molecular formula is C16H21N3O3S. The molecule has 0 N–H and O–H groups in total. The van der Waals surface area contributed by atoms with Gasteiger partial charge < -0.3 is 4.90 Å². The first-order chi connectivity index (χ1) is 10.8. The molecule has 0 radical (unpaired) electrons. The molecule has 1 saturated heterocycles. The topological polar surface area (TPSA) is 70.1 Å². The summed E-state index contributed by atoms with van der Waals surface area (Å²) >= 11 is 0. The maximum atomic E-state index is 12.9. The Balaban J connectivity index is 2.14. The van der Waals surface area contributed by atoms with Gasteiger partial charge in [0.15, 0.2) is 0 Å². The fourth-order valence-electron chi connectivity index (χ4n) is 2.95. The van der Waals surface area contributed by atoms with Crippen molar-refractivity contribution in [2.75, 3.05) is 18.1 Å². The predicted octanol–water partition coefficient (Wildman–Crippen LogP) is 1.93. The Morgan fingerprint density at radius 3 is 2.48 bits per heavy atom. The van der Waals surface area contributed by atoms with Crippen molar-refractivity contribution < 1.29 is 13.2 Å². The van der Waals surface area contributed by atoms with E-state index < -0.39 is 15.7 Å². The van der Waals surface area contributed by atoms with E-state index in [1.807, 2.05) is 20.8 Å². The number of aryl methyl sites for hydroxylation is 1. The Morgan fingerprint density at radius 1 is 1.22 bits per heavy atom. The number of likely N-dealkylation sites (tertiary alicyclic amines) is 1. The summed E-state index contributed by atoms with van der Waals surface area (Å²) in [6.45, 7) is 6.93. The Morgan fingerprint density at radius 2 is 1.87 bits per heavy atom. The number of hydrogen-bond acceptors (Lipinski definition) is 5. The first-order valence-electron chi connectivity index (χ1n) is 7.85. The van der Waals surface area contributed by atoms with Gasteiger partial charge >= 0.3 is 0 Å². The lowest BCUT2D eigenvalue weighted by atomic mass is 10.2. The van der Waals surface area contributed by atoms with Crippen LogP contribution in [0.4, 0.5) is 5.69 Å². The van der Waals surface area contributed by atoms with E-state index in [2.05, 4.69) is 5.10 Å². The summed E-state index contributed by atoms with van der Waals surface area (Å²) in [5.41, 5.74) is 1.49. The van der Waals surface area contributed by atoms with E-state index in [4.69, 9.17) is 0 Å². The number of fused-ring (bicyclic) bond motifs is 1. The van der Waals surface area contributed by atoms with Gasteiger partial charge in [0, 0.05) is 19.1 Å². The average Bonchev–Trinajstić information content (AvgIpc) is 3.00. The average molecular weight is 335 g/mol. The monoisotopic (exact) mass is 335 g/mol. The number of benzene rings is 1. The lowest BCUT2D eigenvalue weighted by Gasteiger charge is -2.31. The molecular weight excluding hydrogens is 314 g/mol. The van der Waals surface area contributed by atoms with E-state index in [-0.39, 0.29) is 16.0 Å². The number of sulfone groups is 1. The zero-order chi connectivity index (χ0) is 16.8. The molecule has 1 aromatic rings. The van der Waals surface area contributed by atoms with Crippen LogP contribution >= 0.6 is 0 Å². The van der Waals surface area contributed by atoms with Crippen LogP contribution in [0, 0.1) is 6.92 Å². The summed E-state index contributed by atoms with van der Waals surface area (Å²) in [4.78, 5) is 14.4. The van der Waals surface area contributed by atoms with Crippen LogP contribution in [0.15, 0.2) is 28.2 Å². The number of nitrogens with zero attached hydrogens (tertiary/aromatic N) is 3.